The fourth-order valence-corrected chi connectivity index (χ4v) is 3.49. The van der Waals surface area contributed by atoms with Crippen molar-refractivity contribution < 1.29 is 13.6 Å². The van der Waals surface area contributed by atoms with Gasteiger partial charge in [0.25, 0.3) is 0 Å². The number of benzene rings is 2. The van der Waals surface area contributed by atoms with Crippen molar-refractivity contribution in [2.75, 3.05) is 17.2 Å². The number of aromatic nitrogens is 2. The molecule has 0 unspecified atom stereocenters. The Hall–Kier alpha value is -3.26. The molecule has 1 aliphatic heterocycles. The third kappa shape index (κ3) is 4.59. The first-order chi connectivity index (χ1) is 14.7. The Bertz CT molecular complexity index is 1130. The summed E-state index contributed by atoms with van der Waals surface area (Å²) >= 11 is 0. The number of nitrogens with one attached hydrogen (secondary N) is 3. The van der Waals surface area contributed by atoms with Crippen molar-refractivity contribution in [3.8, 4) is 5.69 Å². The van der Waals surface area contributed by atoms with Gasteiger partial charge < -0.3 is 10.6 Å². The molecule has 4 rings (SSSR count). The minimum atomic E-state index is -0.845. The molecule has 162 valence electrons. The molecule has 6 nitrogen and oxygen atoms in total. The van der Waals surface area contributed by atoms with Crippen LogP contribution in [0.15, 0.2) is 42.5 Å². The van der Waals surface area contributed by atoms with Gasteiger partial charge in [-0.05, 0) is 48.4 Å². The zero-order chi connectivity index (χ0) is 22.2. The number of urea groups is 1. The van der Waals surface area contributed by atoms with Gasteiger partial charge in [0.05, 0.1) is 17.1 Å². The predicted octanol–water partition coefficient (Wildman–Crippen LogP) is 4.74. The number of carbonyl (C=O) groups is 1. The van der Waals surface area contributed by atoms with E-state index in [0.717, 1.165) is 43.0 Å². The molecule has 0 radical (unpaired) electrons. The van der Waals surface area contributed by atoms with Crippen LogP contribution in [0.2, 0.25) is 0 Å². The smallest absolute Gasteiger partial charge is 0.312 e. The first-order valence-corrected chi connectivity index (χ1v) is 10.2. The molecule has 0 fully saturated rings. The molecule has 2 heterocycles. The van der Waals surface area contributed by atoms with Gasteiger partial charge in [-0.1, -0.05) is 26.8 Å². The Balaban J connectivity index is 1.65. The van der Waals surface area contributed by atoms with Gasteiger partial charge in [0, 0.05) is 24.1 Å². The fourth-order valence-electron chi connectivity index (χ4n) is 3.49. The van der Waals surface area contributed by atoms with Crippen LogP contribution in [0.3, 0.4) is 0 Å². The molecule has 0 saturated heterocycles. The van der Waals surface area contributed by atoms with E-state index < -0.39 is 17.7 Å². The molecular formula is C23H25F2N5O. The number of hydrogen-bond acceptors (Lipinski definition) is 3. The van der Waals surface area contributed by atoms with Crippen molar-refractivity contribution in [2.45, 2.75) is 39.2 Å². The van der Waals surface area contributed by atoms with E-state index in [4.69, 9.17) is 5.10 Å². The molecule has 0 saturated carbocycles. The Labute approximate surface area is 179 Å². The predicted molar refractivity (Wildman–Crippen MR) is 117 cm³/mol. The van der Waals surface area contributed by atoms with Crippen LogP contribution in [0.25, 0.3) is 5.69 Å². The normalized spacial score (nSPS) is 13.6. The van der Waals surface area contributed by atoms with Gasteiger partial charge in [-0.3, -0.25) is 5.32 Å². The second-order valence-electron chi connectivity index (χ2n) is 8.66. The summed E-state index contributed by atoms with van der Waals surface area (Å²) < 4.78 is 28.7. The summed E-state index contributed by atoms with van der Waals surface area (Å²) in [6, 6.07) is 10.3. The maximum absolute atomic E-state index is 13.9. The lowest BCUT2D eigenvalue weighted by atomic mass is 9.92. The summed E-state index contributed by atoms with van der Waals surface area (Å²) in [5.41, 5.74) is 3.78. The zero-order valence-electron chi connectivity index (χ0n) is 17.7. The van der Waals surface area contributed by atoms with Crippen molar-refractivity contribution >= 4 is 17.5 Å². The summed E-state index contributed by atoms with van der Waals surface area (Å²) in [7, 11) is 0. The highest BCUT2D eigenvalue weighted by atomic mass is 19.1. The topological polar surface area (TPSA) is 71.0 Å². The number of nitrogens with zero attached hydrogens (tertiary/aromatic N) is 2. The van der Waals surface area contributed by atoms with Crippen LogP contribution in [-0.4, -0.2) is 22.4 Å². The molecule has 2 amide bonds. The number of halogens is 2. The van der Waals surface area contributed by atoms with E-state index in [1.165, 1.54) is 17.2 Å². The summed E-state index contributed by atoms with van der Waals surface area (Å²) in [5, 5.41) is 13.2. The Morgan fingerprint density at radius 1 is 1.06 bits per heavy atom. The van der Waals surface area contributed by atoms with Crippen molar-refractivity contribution in [1.82, 2.24) is 15.1 Å². The zero-order valence-corrected chi connectivity index (χ0v) is 17.7. The molecule has 0 spiro atoms. The van der Waals surface area contributed by atoms with Gasteiger partial charge in [-0.15, -0.1) is 0 Å². The quantitative estimate of drug-likeness (QED) is 0.568. The molecular weight excluding hydrogens is 400 g/mol. The van der Waals surface area contributed by atoms with Crippen LogP contribution in [0.1, 0.15) is 37.6 Å². The third-order valence-corrected chi connectivity index (χ3v) is 5.22. The van der Waals surface area contributed by atoms with Gasteiger partial charge in [-0.25, -0.2) is 18.3 Å². The molecule has 0 bridgehead atoms. The minimum Gasteiger partial charge on any atom is -0.312 e. The molecule has 1 aliphatic rings. The second-order valence-corrected chi connectivity index (χ2v) is 8.66. The summed E-state index contributed by atoms with van der Waals surface area (Å²) in [6.45, 7) is 7.86. The lowest BCUT2D eigenvalue weighted by Crippen LogP contribution is -2.24. The molecule has 3 N–H and O–H groups in total. The van der Waals surface area contributed by atoms with Crippen molar-refractivity contribution in [3.05, 3.63) is 70.9 Å². The van der Waals surface area contributed by atoms with Crippen LogP contribution in [0.5, 0.6) is 0 Å². The average Bonchev–Trinajstić information content (AvgIpc) is 3.14. The first-order valence-electron chi connectivity index (χ1n) is 10.2. The van der Waals surface area contributed by atoms with E-state index in [2.05, 4.69) is 28.1 Å². The van der Waals surface area contributed by atoms with Crippen molar-refractivity contribution in [1.29, 1.82) is 0 Å². The van der Waals surface area contributed by atoms with Crippen molar-refractivity contribution in [2.24, 2.45) is 0 Å². The second kappa shape index (κ2) is 8.11. The van der Waals surface area contributed by atoms with Crippen LogP contribution < -0.4 is 16.0 Å². The van der Waals surface area contributed by atoms with Crippen LogP contribution in [0.4, 0.5) is 25.1 Å². The lowest BCUT2D eigenvalue weighted by molar-refractivity contribution is 0.262. The Morgan fingerprint density at radius 3 is 2.61 bits per heavy atom. The van der Waals surface area contributed by atoms with Gasteiger partial charge in [0.1, 0.15) is 17.5 Å². The largest absolute Gasteiger partial charge is 0.324 e. The summed E-state index contributed by atoms with van der Waals surface area (Å²) in [5.74, 6) is -1.10. The average molecular weight is 425 g/mol. The number of rotatable bonds is 3. The molecule has 2 aromatic carbocycles. The van der Waals surface area contributed by atoms with Crippen LogP contribution in [0, 0.1) is 11.6 Å². The maximum Gasteiger partial charge on any atom is 0.324 e. The Morgan fingerprint density at radius 2 is 1.87 bits per heavy atom. The van der Waals surface area contributed by atoms with Gasteiger partial charge in [0.2, 0.25) is 0 Å². The molecule has 31 heavy (non-hydrogen) atoms. The molecule has 0 atom stereocenters. The van der Waals surface area contributed by atoms with E-state index in [-0.39, 0.29) is 11.1 Å². The van der Waals surface area contributed by atoms with Crippen molar-refractivity contribution in [3.63, 3.8) is 0 Å². The summed E-state index contributed by atoms with van der Waals surface area (Å²) in [4.78, 5) is 12.6. The number of hydrogen-bond donors (Lipinski definition) is 3. The monoisotopic (exact) mass is 425 g/mol. The third-order valence-electron chi connectivity index (χ3n) is 5.22. The van der Waals surface area contributed by atoms with Crippen LogP contribution in [-0.2, 0) is 18.4 Å². The SMILES string of the molecule is CC(C)(C)c1cc(NC(=O)Nc2ccc(F)cc2F)n(-c2ccc3c(c2)CCNC3)n1. The van der Waals surface area contributed by atoms with Crippen LogP contribution >= 0.6 is 0 Å². The summed E-state index contributed by atoms with van der Waals surface area (Å²) in [6.07, 6.45) is 0.920. The highest BCUT2D eigenvalue weighted by Gasteiger charge is 2.22. The minimum absolute atomic E-state index is 0.109. The number of fused-ring (bicyclic) bond motifs is 1. The number of carbonyl (C=O) groups excluding carboxylic acids is 1. The van der Waals surface area contributed by atoms with E-state index in [1.807, 2.05) is 32.9 Å². The van der Waals surface area contributed by atoms with Gasteiger partial charge >= 0.3 is 6.03 Å². The van der Waals surface area contributed by atoms with E-state index in [9.17, 15) is 13.6 Å². The highest BCUT2D eigenvalue weighted by Crippen LogP contribution is 2.28. The van der Waals surface area contributed by atoms with E-state index in [1.54, 1.807) is 4.68 Å². The molecule has 1 aromatic heterocycles. The van der Waals surface area contributed by atoms with E-state index >= 15 is 0 Å². The Kier molecular flexibility index (Phi) is 5.49. The first kappa shape index (κ1) is 21.0. The van der Waals surface area contributed by atoms with Gasteiger partial charge in [0.15, 0.2) is 0 Å². The lowest BCUT2D eigenvalue weighted by Gasteiger charge is -2.18. The highest BCUT2D eigenvalue weighted by molar-refractivity contribution is 5.99. The maximum atomic E-state index is 13.9. The molecule has 8 heteroatoms. The molecule has 3 aromatic rings. The standard InChI is InChI=1S/C23H25F2N5O/c1-23(2,3)20-12-21(28-22(31)27-19-7-5-16(24)11-18(19)25)30(29-20)17-6-4-15-13-26-9-8-14(15)10-17/h4-7,10-12,26H,8-9,13H2,1-3H3,(H2,27,28,31). The molecule has 0 aliphatic carbocycles. The number of amides is 2. The fraction of sp³-hybridized carbons (Fsp3) is 0.304. The van der Waals surface area contributed by atoms with E-state index in [0.29, 0.717) is 5.82 Å². The number of anilines is 2. The van der Waals surface area contributed by atoms with Gasteiger partial charge in [-0.2, -0.15) is 5.10 Å².